The minimum Gasteiger partial charge on any atom is -0.369 e. The van der Waals surface area contributed by atoms with Crippen molar-refractivity contribution >= 4 is 5.69 Å². The van der Waals surface area contributed by atoms with Crippen LogP contribution in [0.5, 0.6) is 0 Å². The van der Waals surface area contributed by atoms with Crippen LogP contribution in [0.25, 0.3) is 0 Å². The number of hydrogen-bond acceptors (Lipinski definition) is 2. The Labute approximate surface area is 115 Å². The number of rotatable bonds is 5. The van der Waals surface area contributed by atoms with Gasteiger partial charge >= 0.3 is 0 Å². The molecule has 1 aromatic rings. The van der Waals surface area contributed by atoms with Crippen molar-refractivity contribution in [1.82, 2.24) is 0 Å². The van der Waals surface area contributed by atoms with Crippen molar-refractivity contribution in [3.05, 3.63) is 29.6 Å². The summed E-state index contributed by atoms with van der Waals surface area (Å²) in [6.45, 7) is 2.06. The molecule has 0 heterocycles. The van der Waals surface area contributed by atoms with Crippen LogP contribution < -0.4 is 10.6 Å². The van der Waals surface area contributed by atoms with Gasteiger partial charge in [-0.15, -0.1) is 0 Å². The molecule has 1 aromatic carbocycles. The van der Waals surface area contributed by atoms with Gasteiger partial charge in [0.25, 0.3) is 0 Å². The fourth-order valence-electron chi connectivity index (χ4n) is 2.90. The summed E-state index contributed by atoms with van der Waals surface area (Å²) in [6, 6.07) is 6.19. The highest BCUT2D eigenvalue weighted by molar-refractivity contribution is 5.49. The zero-order chi connectivity index (χ0) is 13.8. The lowest BCUT2D eigenvalue weighted by atomic mass is 10.0. The van der Waals surface area contributed by atoms with Crippen LogP contribution in [0.4, 0.5) is 10.1 Å². The van der Waals surface area contributed by atoms with Crippen LogP contribution in [0, 0.1) is 5.82 Å². The van der Waals surface area contributed by atoms with Gasteiger partial charge in [-0.05, 0) is 43.4 Å². The standard InChI is InChI=1S/C16H25FN2/c1-3-13(18)10-12-8-9-16(15(17)11-12)19(2)14-6-4-5-7-14/h8-9,11,13-14H,3-7,10,18H2,1-2H3. The Morgan fingerprint density at radius 1 is 1.37 bits per heavy atom. The third-order valence-corrected chi connectivity index (χ3v) is 4.29. The Morgan fingerprint density at radius 3 is 2.63 bits per heavy atom. The van der Waals surface area contributed by atoms with Crippen molar-refractivity contribution in [3.8, 4) is 0 Å². The van der Waals surface area contributed by atoms with Gasteiger partial charge in [-0.2, -0.15) is 0 Å². The smallest absolute Gasteiger partial charge is 0.146 e. The maximum absolute atomic E-state index is 14.2. The van der Waals surface area contributed by atoms with E-state index in [-0.39, 0.29) is 11.9 Å². The largest absolute Gasteiger partial charge is 0.369 e. The fraction of sp³-hybridized carbons (Fsp3) is 0.625. The average molecular weight is 264 g/mol. The van der Waals surface area contributed by atoms with Crippen molar-refractivity contribution in [2.75, 3.05) is 11.9 Å². The third-order valence-electron chi connectivity index (χ3n) is 4.29. The number of nitrogens with two attached hydrogens (primary N) is 1. The molecule has 0 bridgehead atoms. The number of hydrogen-bond donors (Lipinski definition) is 1. The maximum atomic E-state index is 14.2. The second-order valence-electron chi connectivity index (χ2n) is 5.71. The minimum atomic E-state index is -0.116. The van der Waals surface area contributed by atoms with Gasteiger partial charge in [-0.25, -0.2) is 4.39 Å². The molecule has 3 heteroatoms. The summed E-state index contributed by atoms with van der Waals surface area (Å²) in [7, 11) is 2.01. The predicted molar refractivity (Wildman–Crippen MR) is 79.0 cm³/mol. The second-order valence-corrected chi connectivity index (χ2v) is 5.71. The number of nitrogens with zero attached hydrogens (tertiary/aromatic N) is 1. The number of halogens is 1. The Bertz CT molecular complexity index is 413. The van der Waals surface area contributed by atoms with Crippen molar-refractivity contribution in [2.24, 2.45) is 5.73 Å². The van der Waals surface area contributed by atoms with E-state index >= 15 is 0 Å². The number of anilines is 1. The van der Waals surface area contributed by atoms with Crippen LogP contribution in [-0.2, 0) is 6.42 Å². The van der Waals surface area contributed by atoms with Crippen LogP contribution >= 0.6 is 0 Å². The third kappa shape index (κ3) is 3.47. The molecule has 1 fully saturated rings. The zero-order valence-electron chi connectivity index (χ0n) is 12.0. The molecule has 1 atom stereocenters. The summed E-state index contributed by atoms with van der Waals surface area (Å²) >= 11 is 0. The van der Waals surface area contributed by atoms with Crippen molar-refractivity contribution in [2.45, 2.75) is 57.5 Å². The Morgan fingerprint density at radius 2 is 2.05 bits per heavy atom. The van der Waals surface area contributed by atoms with Crippen LogP contribution in [0.1, 0.15) is 44.6 Å². The molecule has 106 valence electrons. The lowest BCUT2D eigenvalue weighted by Gasteiger charge is -2.27. The van der Waals surface area contributed by atoms with E-state index in [1.165, 1.54) is 25.7 Å². The summed E-state index contributed by atoms with van der Waals surface area (Å²) < 4.78 is 14.2. The zero-order valence-corrected chi connectivity index (χ0v) is 12.0. The molecule has 2 nitrogen and oxygen atoms in total. The molecular weight excluding hydrogens is 239 g/mol. The molecule has 0 aliphatic heterocycles. The van der Waals surface area contributed by atoms with Gasteiger partial charge in [-0.1, -0.05) is 25.8 Å². The highest BCUT2D eigenvalue weighted by atomic mass is 19.1. The molecule has 1 saturated carbocycles. The molecule has 1 aliphatic rings. The first-order valence-corrected chi connectivity index (χ1v) is 7.38. The highest BCUT2D eigenvalue weighted by Gasteiger charge is 2.21. The minimum absolute atomic E-state index is 0.116. The van der Waals surface area contributed by atoms with E-state index in [2.05, 4.69) is 11.8 Å². The molecule has 0 saturated heterocycles. The van der Waals surface area contributed by atoms with Crippen molar-refractivity contribution in [1.29, 1.82) is 0 Å². The molecule has 2 rings (SSSR count). The topological polar surface area (TPSA) is 29.3 Å². The molecule has 1 unspecified atom stereocenters. The molecule has 0 aromatic heterocycles. The van der Waals surface area contributed by atoms with Crippen LogP contribution in [0.15, 0.2) is 18.2 Å². The number of benzene rings is 1. The van der Waals surface area contributed by atoms with Gasteiger partial charge in [0.2, 0.25) is 0 Å². The van der Waals surface area contributed by atoms with E-state index in [0.29, 0.717) is 6.04 Å². The van der Waals surface area contributed by atoms with E-state index in [1.807, 2.05) is 19.2 Å². The Kier molecular flexibility index (Phi) is 4.81. The van der Waals surface area contributed by atoms with Gasteiger partial charge in [0, 0.05) is 19.1 Å². The molecular formula is C16H25FN2. The Hall–Kier alpha value is -1.09. The monoisotopic (exact) mass is 264 g/mol. The SMILES string of the molecule is CCC(N)Cc1ccc(N(C)C2CCCC2)c(F)c1. The average Bonchev–Trinajstić information content (AvgIpc) is 2.92. The lowest BCUT2D eigenvalue weighted by molar-refractivity contribution is 0.590. The Balaban J connectivity index is 2.09. The van der Waals surface area contributed by atoms with E-state index in [1.54, 1.807) is 6.07 Å². The van der Waals surface area contributed by atoms with Crippen LogP contribution in [-0.4, -0.2) is 19.1 Å². The maximum Gasteiger partial charge on any atom is 0.146 e. The van der Waals surface area contributed by atoms with Gasteiger partial charge in [0.1, 0.15) is 5.82 Å². The molecule has 0 amide bonds. The van der Waals surface area contributed by atoms with Gasteiger partial charge in [-0.3, -0.25) is 0 Å². The second kappa shape index (κ2) is 6.38. The lowest BCUT2D eigenvalue weighted by Crippen LogP contribution is -2.29. The predicted octanol–water partition coefficient (Wildman–Crippen LogP) is 3.48. The molecule has 0 radical (unpaired) electrons. The van der Waals surface area contributed by atoms with Gasteiger partial charge in [0.05, 0.1) is 5.69 Å². The van der Waals surface area contributed by atoms with E-state index < -0.39 is 0 Å². The highest BCUT2D eigenvalue weighted by Crippen LogP contribution is 2.29. The summed E-state index contributed by atoms with van der Waals surface area (Å²) in [5.74, 6) is -0.116. The normalized spacial score (nSPS) is 17.7. The molecule has 1 aliphatic carbocycles. The molecule has 19 heavy (non-hydrogen) atoms. The van der Waals surface area contributed by atoms with Crippen molar-refractivity contribution < 1.29 is 4.39 Å². The van der Waals surface area contributed by atoms with E-state index in [0.717, 1.165) is 24.1 Å². The summed E-state index contributed by atoms with van der Waals surface area (Å²) in [4.78, 5) is 2.10. The van der Waals surface area contributed by atoms with Gasteiger partial charge in [0.15, 0.2) is 0 Å². The molecule has 0 spiro atoms. The van der Waals surface area contributed by atoms with E-state index in [4.69, 9.17) is 5.73 Å². The summed E-state index contributed by atoms with van der Waals surface area (Å²) in [5.41, 5.74) is 7.64. The van der Waals surface area contributed by atoms with Crippen LogP contribution in [0.2, 0.25) is 0 Å². The molecule has 2 N–H and O–H groups in total. The summed E-state index contributed by atoms with van der Waals surface area (Å²) in [5, 5.41) is 0. The summed E-state index contributed by atoms with van der Waals surface area (Å²) in [6.07, 6.45) is 6.56. The first kappa shape index (κ1) is 14.3. The first-order valence-electron chi connectivity index (χ1n) is 7.38. The quantitative estimate of drug-likeness (QED) is 0.882. The van der Waals surface area contributed by atoms with Gasteiger partial charge < -0.3 is 10.6 Å². The van der Waals surface area contributed by atoms with Crippen LogP contribution in [0.3, 0.4) is 0 Å². The van der Waals surface area contributed by atoms with Crippen molar-refractivity contribution in [3.63, 3.8) is 0 Å². The van der Waals surface area contributed by atoms with E-state index in [9.17, 15) is 4.39 Å². The first-order chi connectivity index (χ1) is 9.11. The fourth-order valence-corrected chi connectivity index (χ4v) is 2.90.